The van der Waals surface area contributed by atoms with Gasteiger partial charge in [-0.2, -0.15) is 0 Å². The number of hydrogen-bond acceptors (Lipinski definition) is 1. The summed E-state index contributed by atoms with van der Waals surface area (Å²) < 4.78 is 1.18. The predicted octanol–water partition coefficient (Wildman–Crippen LogP) is 5.00. The van der Waals surface area contributed by atoms with Crippen molar-refractivity contribution in [1.29, 1.82) is 0 Å². The van der Waals surface area contributed by atoms with Gasteiger partial charge in [-0.05, 0) is 48.9 Å². The van der Waals surface area contributed by atoms with Gasteiger partial charge < -0.3 is 5.32 Å². The SMILES string of the molecule is CCc1cc(Br)ccc1NCC1CCCCC1. The highest BCUT2D eigenvalue weighted by molar-refractivity contribution is 9.10. The first-order chi connectivity index (χ1) is 8.29. The zero-order valence-electron chi connectivity index (χ0n) is 10.6. The smallest absolute Gasteiger partial charge is 0.0373 e. The van der Waals surface area contributed by atoms with Crippen molar-refractivity contribution in [1.82, 2.24) is 0 Å². The van der Waals surface area contributed by atoms with E-state index in [1.54, 1.807) is 0 Å². The molecule has 1 aromatic rings. The summed E-state index contributed by atoms with van der Waals surface area (Å²) in [5.74, 6) is 0.886. The van der Waals surface area contributed by atoms with Crippen LogP contribution in [-0.2, 0) is 6.42 Å². The molecular formula is C15H22BrN. The van der Waals surface area contributed by atoms with Crippen LogP contribution in [0.5, 0.6) is 0 Å². The lowest BCUT2D eigenvalue weighted by Gasteiger charge is -2.23. The Hall–Kier alpha value is -0.500. The zero-order chi connectivity index (χ0) is 12.1. The highest BCUT2D eigenvalue weighted by Crippen LogP contribution is 2.26. The van der Waals surface area contributed by atoms with Gasteiger partial charge in [0.15, 0.2) is 0 Å². The van der Waals surface area contributed by atoms with E-state index in [1.165, 1.54) is 47.8 Å². The summed E-state index contributed by atoms with van der Waals surface area (Å²) in [5.41, 5.74) is 2.73. The van der Waals surface area contributed by atoms with Crippen LogP contribution in [0.4, 0.5) is 5.69 Å². The second kappa shape index (κ2) is 6.44. The molecule has 0 aliphatic heterocycles. The Morgan fingerprint density at radius 2 is 2.00 bits per heavy atom. The molecular weight excluding hydrogens is 274 g/mol. The van der Waals surface area contributed by atoms with Crippen molar-refractivity contribution >= 4 is 21.6 Å². The normalized spacial score (nSPS) is 17.1. The van der Waals surface area contributed by atoms with Gasteiger partial charge in [-0.25, -0.2) is 0 Å². The number of halogens is 1. The molecule has 1 aliphatic rings. The molecule has 0 aromatic heterocycles. The molecule has 0 saturated heterocycles. The molecule has 1 aromatic carbocycles. The van der Waals surface area contributed by atoms with Gasteiger partial charge in [0.25, 0.3) is 0 Å². The number of aryl methyl sites for hydroxylation is 1. The summed E-state index contributed by atoms with van der Waals surface area (Å²) in [6.45, 7) is 3.36. The Kier molecular flexibility index (Phi) is 4.90. The first-order valence-corrected chi connectivity index (χ1v) is 7.61. The van der Waals surface area contributed by atoms with E-state index >= 15 is 0 Å². The Balaban J connectivity index is 1.93. The molecule has 2 heteroatoms. The number of rotatable bonds is 4. The summed E-state index contributed by atoms with van der Waals surface area (Å²) in [6.07, 6.45) is 8.19. The molecule has 1 fully saturated rings. The molecule has 0 spiro atoms. The molecule has 1 aliphatic carbocycles. The summed E-state index contributed by atoms with van der Waals surface area (Å²) in [6, 6.07) is 6.55. The summed E-state index contributed by atoms with van der Waals surface area (Å²) >= 11 is 3.54. The van der Waals surface area contributed by atoms with Crippen molar-refractivity contribution in [2.45, 2.75) is 45.4 Å². The minimum Gasteiger partial charge on any atom is -0.385 e. The highest BCUT2D eigenvalue weighted by atomic mass is 79.9. The minimum absolute atomic E-state index is 0.886. The molecule has 1 N–H and O–H groups in total. The number of hydrogen-bond donors (Lipinski definition) is 1. The Morgan fingerprint density at radius 3 is 2.71 bits per heavy atom. The molecule has 2 rings (SSSR count). The molecule has 0 radical (unpaired) electrons. The van der Waals surface area contributed by atoms with Crippen molar-refractivity contribution in [2.24, 2.45) is 5.92 Å². The fourth-order valence-electron chi connectivity index (χ4n) is 2.67. The third-order valence-corrected chi connectivity index (χ3v) is 4.25. The first-order valence-electron chi connectivity index (χ1n) is 6.82. The van der Waals surface area contributed by atoms with Crippen LogP contribution in [0.1, 0.15) is 44.6 Å². The van der Waals surface area contributed by atoms with Crippen LogP contribution in [-0.4, -0.2) is 6.54 Å². The fourth-order valence-corrected chi connectivity index (χ4v) is 3.08. The van der Waals surface area contributed by atoms with E-state index < -0.39 is 0 Å². The van der Waals surface area contributed by atoms with Crippen LogP contribution < -0.4 is 5.32 Å². The Morgan fingerprint density at radius 1 is 1.24 bits per heavy atom. The molecule has 0 atom stereocenters. The second-order valence-electron chi connectivity index (χ2n) is 5.04. The van der Waals surface area contributed by atoms with Gasteiger partial charge in [-0.1, -0.05) is 42.1 Å². The molecule has 0 unspecified atom stereocenters. The van der Waals surface area contributed by atoms with Crippen LogP contribution in [0.25, 0.3) is 0 Å². The lowest BCUT2D eigenvalue weighted by molar-refractivity contribution is 0.373. The number of nitrogens with one attached hydrogen (secondary N) is 1. The highest BCUT2D eigenvalue weighted by Gasteiger charge is 2.13. The Labute approximate surface area is 113 Å². The van der Waals surface area contributed by atoms with Gasteiger partial charge in [0.2, 0.25) is 0 Å². The van der Waals surface area contributed by atoms with Crippen LogP contribution in [0.3, 0.4) is 0 Å². The predicted molar refractivity (Wildman–Crippen MR) is 78.6 cm³/mol. The van der Waals surface area contributed by atoms with Gasteiger partial charge in [-0.15, -0.1) is 0 Å². The van der Waals surface area contributed by atoms with E-state index in [0.717, 1.165) is 18.9 Å². The lowest BCUT2D eigenvalue weighted by atomic mass is 9.89. The van der Waals surface area contributed by atoms with Crippen LogP contribution in [0.15, 0.2) is 22.7 Å². The number of anilines is 1. The maximum atomic E-state index is 3.64. The summed E-state index contributed by atoms with van der Waals surface area (Å²) in [7, 11) is 0. The van der Waals surface area contributed by atoms with Gasteiger partial charge in [0, 0.05) is 16.7 Å². The Bertz CT molecular complexity index is 356. The van der Waals surface area contributed by atoms with Crippen LogP contribution >= 0.6 is 15.9 Å². The third kappa shape index (κ3) is 3.74. The lowest BCUT2D eigenvalue weighted by Crippen LogP contribution is -2.17. The third-order valence-electron chi connectivity index (χ3n) is 3.75. The fraction of sp³-hybridized carbons (Fsp3) is 0.600. The van der Waals surface area contributed by atoms with E-state index in [2.05, 4.69) is 46.4 Å². The van der Waals surface area contributed by atoms with Crippen molar-refractivity contribution in [3.8, 4) is 0 Å². The first kappa shape index (κ1) is 12.9. The molecule has 94 valence electrons. The van der Waals surface area contributed by atoms with Gasteiger partial charge in [-0.3, -0.25) is 0 Å². The van der Waals surface area contributed by atoms with E-state index in [4.69, 9.17) is 0 Å². The molecule has 1 saturated carbocycles. The van der Waals surface area contributed by atoms with E-state index in [9.17, 15) is 0 Å². The van der Waals surface area contributed by atoms with Crippen molar-refractivity contribution < 1.29 is 0 Å². The van der Waals surface area contributed by atoms with E-state index in [-0.39, 0.29) is 0 Å². The minimum atomic E-state index is 0.886. The van der Waals surface area contributed by atoms with Gasteiger partial charge >= 0.3 is 0 Å². The quantitative estimate of drug-likeness (QED) is 0.824. The zero-order valence-corrected chi connectivity index (χ0v) is 12.2. The van der Waals surface area contributed by atoms with Crippen molar-refractivity contribution in [3.05, 3.63) is 28.2 Å². The number of benzene rings is 1. The molecule has 17 heavy (non-hydrogen) atoms. The maximum absolute atomic E-state index is 3.64. The molecule has 0 heterocycles. The molecule has 0 bridgehead atoms. The average Bonchev–Trinajstić information content (AvgIpc) is 2.38. The van der Waals surface area contributed by atoms with Crippen molar-refractivity contribution in [2.75, 3.05) is 11.9 Å². The summed E-state index contributed by atoms with van der Waals surface area (Å²) in [4.78, 5) is 0. The van der Waals surface area contributed by atoms with Crippen molar-refractivity contribution in [3.63, 3.8) is 0 Å². The molecule has 1 nitrogen and oxygen atoms in total. The maximum Gasteiger partial charge on any atom is 0.0373 e. The standard InChI is InChI=1S/C15H22BrN/c1-2-13-10-14(16)8-9-15(13)17-11-12-6-4-3-5-7-12/h8-10,12,17H,2-7,11H2,1H3. The average molecular weight is 296 g/mol. The van der Waals surface area contributed by atoms with Crippen LogP contribution in [0, 0.1) is 5.92 Å². The van der Waals surface area contributed by atoms with Gasteiger partial charge in [0.1, 0.15) is 0 Å². The van der Waals surface area contributed by atoms with Gasteiger partial charge in [0.05, 0.1) is 0 Å². The topological polar surface area (TPSA) is 12.0 Å². The van der Waals surface area contributed by atoms with E-state index in [1.807, 2.05) is 0 Å². The second-order valence-corrected chi connectivity index (χ2v) is 5.96. The molecule has 0 amide bonds. The van der Waals surface area contributed by atoms with Crippen LogP contribution in [0.2, 0.25) is 0 Å². The van der Waals surface area contributed by atoms with E-state index in [0.29, 0.717) is 0 Å². The largest absolute Gasteiger partial charge is 0.385 e. The monoisotopic (exact) mass is 295 g/mol. The summed E-state index contributed by atoms with van der Waals surface area (Å²) in [5, 5.41) is 3.64.